The second kappa shape index (κ2) is 2.78. The average Bonchev–Trinajstić information content (AvgIpc) is 2.29. The lowest BCUT2D eigenvalue weighted by molar-refractivity contribution is 0.190. The first kappa shape index (κ1) is 8.47. The highest BCUT2D eigenvalue weighted by molar-refractivity contribution is 6.01. The Balaban J connectivity index is 2.94. The van der Waals surface area contributed by atoms with E-state index in [4.69, 9.17) is 5.11 Å². The van der Waals surface area contributed by atoms with E-state index in [-0.39, 0.29) is 12.0 Å². The lowest BCUT2D eigenvalue weighted by atomic mass is 9.83. The Morgan fingerprint density at radius 3 is 2.73 bits per heavy atom. The number of hydrogen-bond acceptors (Lipinski definition) is 2. The van der Waals surface area contributed by atoms with E-state index in [0.29, 0.717) is 0 Å². The fraction of sp³-hybridized carbons (Fsp3) is 0.667. The van der Waals surface area contributed by atoms with Gasteiger partial charge in [-0.25, -0.2) is 0 Å². The third kappa shape index (κ3) is 1.23. The quantitative estimate of drug-likeness (QED) is 0.607. The van der Waals surface area contributed by atoms with Crippen molar-refractivity contribution in [3.05, 3.63) is 11.6 Å². The summed E-state index contributed by atoms with van der Waals surface area (Å²) in [5.41, 5.74) is 2.16. The predicted molar refractivity (Wildman–Crippen MR) is 46.9 cm³/mol. The molecule has 1 rings (SSSR count). The third-order valence-electron chi connectivity index (χ3n) is 2.34. The van der Waals surface area contributed by atoms with Gasteiger partial charge in [-0.1, -0.05) is 13.0 Å². The van der Waals surface area contributed by atoms with Gasteiger partial charge in [-0.15, -0.1) is 0 Å². The molecule has 0 spiro atoms. The van der Waals surface area contributed by atoms with Gasteiger partial charge in [0.05, 0.1) is 13.2 Å². The van der Waals surface area contributed by atoms with Crippen LogP contribution in [0.2, 0.25) is 0 Å². The molecule has 0 aromatic heterocycles. The third-order valence-corrected chi connectivity index (χ3v) is 2.34. The first-order valence-electron chi connectivity index (χ1n) is 3.93. The van der Waals surface area contributed by atoms with Gasteiger partial charge in [0, 0.05) is 11.1 Å². The summed E-state index contributed by atoms with van der Waals surface area (Å²) < 4.78 is 0. The van der Waals surface area contributed by atoms with E-state index in [1.54, 1.807) is 0 Å². The maximum atomic E-state index is 9.13. The molecule has 62 valence electrons. The summed E-state index contributed by atoms with van der Waals surface area (Å²) in [7, 11) is 0. The molecular formula is C9H15NO. The minimum absolute atomic E-state index is 0.112. The molecule has 0 radical (unpaired) electrons. The molecule has 0 amide bonds. The summed E-state index contributed by atoms with van der Waals surface area (Å²) in [6, 6.07) is 0. The summed E-state index contributed by atoms with van der Waals surface area (Å²) in [4.78, 5) is 4.30. The first-order valence-corrected chi connectivity index (χ1v) is 3.93. The van der Waals surface area contributed by atoms with Crippen LogP contribution in [0.1, 0.15) is 20.8 Å². The van der Waals surface area contributed by atoms with Crippen LogP contribution in [-0.4, -0.2) is 24.0 Å². The molecule has 1 aliphatic rings. The second-order valence-corrected chi connectivity index (χ2v) is 3.32. The van der Waals surface area contributed by atoms with E-state index in [9.17, 15) is 0 Å². The van der Waals surface area contributed by atoms with Crippen LogP contribution >= 0.6 is 0 Å². The molecule has 0 saturated carbocycles. The summed E-state index contributed by atoms with van der Waals surface area (Å²) in [5, 5.41) is 9.13. The molecule has 0 aromatic carbocycles. The number of nitrogens with zero attached hydrogens (tertiary/aromatic N) is 1. The smallest absolute Gasteiger partial charge is 0.0543 e. The van der Waals surface area contributed by atoms with E-state index < -0.39 is 0 Å². The minimum Gasteiger partial charge on any atom is -0.395 e. The van der Waals surface area contributed by atoms with Gasteiger partial charge in [0.15, 0.2) is 0 Å². The fourth-order valence-corrected chi connectivity index (χ4v) is 1.59. The van der Waals surface area contributed by atoms with Crippen LogP contribution in [0.3, 0.4) is 0 Å². The molecule has 0 bridgehead atoms. The number of aliphatic hydroxyl groups excluding tert-OH is 1. The SMILES string of the molecule is C/C=C1\C(C)=NCC1(C)CO. The number of aliphatic hydroxyl groups is 1. The van der Waals surface area contributed by atoms with Crippen LogP contribution in [0.15, 0.2) is 16.6 Å². The molecule has 0 aromatic rings. The Kier molecular flexibility index (Phi) is 2.14. The van der Waals surface area contributed by atoms with Gasteiger partial charge in [0.2, 0.25) is 0 Å². The highest BCUT2D eigenvalue weighted by Gasteiger charge is 2.33. The van der Waals surface area contributed by atoms with Gasteiger partial charge >= 0.3 is 0 Å². The van der Waals surface area contributed by atoms with Gasteiger partial charge < -0.3 is 5.11 Å². The Morgan fingerprint density at radius 2 is 2.36 bits per heavy atom. The zero-order valence-electron chi connectivity index (χ0n) is 7.39. The largest absolute Gasteiger partial charge is 0.395 e. The molecule has 0 fully saturated rings. The van der Waals surface area contributed by atoms with Crippen LogP contribution in [-0.2, 0) is 0 Å². The van der Waals surface area contributed by atoms with Crippen LogP contribution in [0.25, 0.3) is 0 Å². The Bertz CT molecular complexity index is 218. The molecule has 1 aliphatic heterocycles. The van der Waals surface area contributed by atoms with Crippen molar-refractivity contribution in [3.63, 3.8) is 0 Å². The molecular weight excluding hydrogens is 138 g/mol. The maximum Gasteiger partial charge on any atom is 0.0543 e. The Hall–Kier alpha value is -0.630. The molecule has 1 N–H and O–H groups in total. The highest BCUT2D eigenvalue weighted by Crippen LogP contribution is 2.32. The molecule has 0 aliphatic carbocycles. The number of aliphatic imine (C=N–C) groups is 1. The van der Waals surface area contributed by atoms with Crippen molar-refractivity contribution >= 4 is 5.71 Å². The maximum absolute atomic E-state index is 9.13. The molecule has 0 saturated heterocycles. The van der Waals surface area contributed by atoms with Gasteiger partial charge in [-0.2, -0.15) is 0 Å². The van der Waals surface area contributed by atoms with E-state index in [2.05, 4.69) is 4.99 Å². The monoisotopic (exact) mass is 153 g/mol. The normalized spacial score (nSPS) is 34.5. The second-order valence-electron chi connectivity index (χ2n) is 3.32. The zero-order valence-corrected chi connectivity index (χ0v) is 7.39. The highest BCUT2D eigenvalue weighted by atomic mass is 16.3. The van der Waals surface area contributed by atoms with Crippen molar-refractivity contribution in [1.29, 1.82) is 0 Å². The average molecular weight is 153 g/mol. The predicted octanol–water partition coefficient (Wildman–Crippen LogP) is 1.41. The van der Waals surface area contributed by atoms with Crippen LogP contribution in [0.5, 0.6) is 0 Å². The van der Waals surface area contributed by atoms with Crippen molar-refractivity contribution in [2.24, 2.45) is 10.4 Å². The summed E-state index contributed by atoms with van der Waals surface area (Å²) in [6.45, 7) is 6.95. The van der Waals surface area contributed by atoms with E-state index in [1.165, 1.54) is 5.57 Å². The van der Waals surface area contributed by atoms with Crippen LogP contribution in [0, 0.1) is 5.41 Å². The Morgan fingerprint density at radius 1 is 1.73 bits per heavy atom. The van der Waals surface area contributed by atoms with Gasteiger partial charge in [0.25, 0.3) is 0 Å². The van der Waals surface area contributed by atoms with E-state index in [1.807, 2.05) is 26.8 Å². The number of allylic oxidation sites excluding steroid dienone is 1. The van der Waals surface area contributed by atoms with E-state index >= 15 is 0 Å². The van der Waals surface area contributed by atoms with Gasteiger partial charge in [-0.05, 0) is 19.4 Å². The minimum atomic E-state index is -0.112. The van der Waals surface area contributed by atoms with Gasteiger partial charge in [-0.3, -0.25) is 4.99 Å². The van der Waals surface area contributed by atoms with Crippen molar-refractivity contribution < 1.29 is 5.11 Å². The fourth-order valence-electron chi connectivity index (χ4n) is 1.59. The molecule has 1 heterocycles. The molecule has 2 heteroatoms. The molecule has 1 unspecified atom stereocenters. The van der Waals surface area contributed by atoms with Crippen molar-refractivity contribution in [2.45, 2.75) is 20.8 Å². The first-order chi connectivity index (χ1) is 5.14. The summed E-state index contributed by atoms with van der Waals surface area (Å²) >= 11 is 0. The lowest BCUT2D eigenvalue weighted by Gasteiger charge is -2.21. The summed E-state index contributed by atoms with van der Waals surface area (Å²) in [6.07, 6.45) is 2.04. The van der Waals surface area contributed by atoms with Crippen molar-refractivity contribution in [1.82, 2.24) is 0 Å². The zero-order chi connectivity index (χ0) is 8.48. The topological polar surface area (TPSA) is 32.6 Å². The van der Waals surface area contributed by atoms with Crippen molar-refractivity contribution in [2.75, 3.05) is 13.2 Å². The molecule has 11 heavy (non-hydrogen) atoms. The Labute approximate surface area is 67.7 Å². The lowest BCUT2D eigenvalue weighted by Crippen LogP contribution is -2.25. The van der Waals surface area contributed by atoms with Crippen molar-refractivity contribution in [3.8, 4) is 0 Å². The molecule has 2 nitrogen and oxygen atoms in total. The van der Waals surface area contributed by atoms with Gasteiger partial charge in [0.1, 0.15) is 0 Å². The standard InChI is InChI=1S/C9H15NO/c1-4-8-7(2)10-5-9(8,3)6-11/h4,11H,5-6H2,1-3H3/b8-4+. The van der Waals surface area contributed by atoms with Crippen LogP contribution in [0.4, 0.5) is 0 Å². The molecule has 1 atom stereocenters. The number of hydrogen-bond donors (Lipinski definition) is 1. The van der Waals surface area contributed by atoms with Crippen LogP contribution < -0.4 is 0 Å². The summed E-state index contributed by atoms with van der Waals surface area (Å²) in [5.74, 6) is 0. The number of rotatable bonds is 1. The van der Waals surface area contributed by atoms with E-state index in [0.717, 1.165) is 12.3 Å².